The first kappa shape index (κ1) is 11.8. The molecule has 4 nitrogen and oxygen atoms in total. The first-order valence-corrected chi connectivity index (χ1v) is 5.95. The minimum atomic E-state index is 0.144. The number of ether oxygens (including phenoxy) is 1. The lowest BCUT2D eigenvalue weighted by Gasteiger charge is -2.21. The lowest BCUT2D eigenvalue weighted by atomic mass is 10.1. The number of hydrogen-bond acceptors (Lipinski definition) is 4. The Labute approximate surface area is 102 Å². The smallest absolute Gasteiger partial charge is 0.282 e. The summed E-state index contributed by atoms with van der Waals surface area (Å²) >= 11 is 0. The number of likely N-dealkylation sites (N-methyl/N-ethyl adjacent to an activating group) is 1. The molecule has 0 spiro atoms. The molecule has 0 amide bonds. The van der Waals surface area contributed by atoms with Crippen molar-refractivity contribution in [3.8, 4) is 0 Å². The number of nitrogens with zero attached hydrogens (tertiary/aromatic N) is 2. The summed E-state index contributed by atoms with van der Waals surface area (Å²) in [6.45, 7) is 3.58. The number of aliphatic imine (C=N–C) groups is 1. The molecule has 17 heavy (non-hydrogen) atoms. The second-order valence-electron chi connectivity index (χ2n) is 4.34. The van der Waals surface area contributed by atoms with Gasteiger partial charge < -0.3 is 15.4 Å². The predicted octanol–water partition coefficient (Wildman–Crippen LogP) is 1.40. The van der Waals surface area contributed by atoms with Gasteiger partial charge in [-0.3, -0.25) is 0 Å². The van der Waals surface area contributed by atoms with Crippen LogP contribution in [0.4, 0.5) is 5.69 Å². The van der Waals surface area contributed by atoms with Crippen LogP contribution in [0.1, 0.15) is 12.5 Å². The van der Waals surface area contributed by atoms with Gasteiger partial charge in [-0.1, -0.05) is 19.1 Å². The van der Waals surface area contributed by atoms with Crippen LogP contribution in [0.3, 0.4) is 0 Å². The van der Waals surface area contributed by atoms with E-state index in [0.29, 0.717) is 12.6 Å². The quantitative estimate of drug-likeness (QED) is 0.855. The number of amidine groups is 1. The van der Waals surface area contributed by atoms with Crippen molar-refractivity contribution in [2.45, 2.75) is 19.4 Å². The summed E-state index contributed by atoms with van der Waals surface area (Å²) in [6, 6.07) is 9.01. The van der Waals surface area contributed by atoms with Crippen LogP contribution in [0.25, 0.3) is 0 Å². The molecular formula is C13H19N3O. The summed E-state index contributed by atoms with van der Waals surface area (Å²) in [7, 11) is 2.07. The molecular weight excluding hydrogens is 214 g/mol. The van der Waals surface area contributed by atoms with Crippen molar-refractivity contribution in [1.29, 1.82) is 0 Å². The van der Waals surface area contributed by atoms with Crippen LogP contribution in [0.2, 0.25) is 0 Å². The molecule has 0 fully saturated rings. The highest BCUT2D eigenvalue weighted by atomic mass is 16.5. The number of rotatable bonds is 4. The molecule has 0 saturated heterocycles. The van der Waals surface area contributed by atoms with E-state index in [1.165, 1.54) is 11.3 Å². The highest BCUT2D eigenvalue weighted by Crippen LogP contribution is 2.16. The summed E-state index contributed by atoms with van der Waals surface area (Å²) in [6.07, 6.45) is 1.05. The number of nitrogens with two attached hydrogens (primary N) is 1. The lowest BCUT2D eigenvalue weighted by molar-refractivity contribution is 0.314. The van der Waals surface area contributed by atoms with Gasteiger partial charge in [0.1, 0.15) is 12.6 Å². The fourth-order valence-electron chi connectivity index (χ4n) is 1.96. The third-order valence-electron chi connectivity index (χ3n) is 2.98. The topological polar surface area (TPSA) is 50.9 Å². The van der Waals surface area contributed by atoms with Gasteiger partial charge in [-0.05, 0) is 24.1 Å². The Morgan fingerprint density at radius 1 is 1.53 bits per heavy atom. The number of anilines is 1. The van der Waals surface area contributed by atoms with Gasteiger partial charge in [-0.25, -0.2) is 4.99 Å². The van der Waals surface area contributed by atoms with Gasteiger partial charge in [0.25, 0.3) is 6.02 Å². The first-order valence-electron chi connectivity index (χ1n) is 5.95. The average molecular weight is 233 g/mol. The molecule has 1 atom stereocenters. The van der Waals surface area contributed by atoms with Gasteiger partial charge >= 0.3 is 0 Å². The van der Waals surface area contributed by atoms with E-state index < -0.39 is 0 Å². The summed E-state index contributed by atoms with van der Waals surface area (Å²) in [4.78, 5) is 6.42. The zero-order valence-corrected chi connectivity index (χ0v) is 10.4. The van der Waals surface area contributed by atoms with Crippen LogP contribution in [-0.2, 0) is 11.2 Å². The fraction of sp³-hybridized carbons (Fsp3) is 0.462. The maximum absolute atomic E-state index is 5.49. The molecule has 0 aliphatic carbocycles. The molecule has 0 aromatic heterocycles. The van der Waals surface area contributed by atoms with Gasteiger partial charge in [-0.15, -0.1) is 0 Å². The van der Waals surface area contributed by atoms with Crippen LogP contribution < -0.4 is 10.6 Å². The van der Waals surface area contributed by atoms with Crippen LogP contribution in [0.15, 0.2) is 29.3 Å². The van der Waals surface area contributed by atoms with E-state index in [9.17, 15) is 0 Å². The van der Waals surface area contributed by atoms with E-state index in [4.69, 9.17) is 10.5 Å². The third-order valence-corrected chi connectivity index (χ3v) is 2.98. The third kappa shape index (κ3) is 2.90. The summed E-state index contributed by atoms with van der Waals surface area (Å²) in [5, 5.41) is 0. The van der Waals surface area contributed by atoms with Crippen molar-refractivity contribution < 1.29 is 4.74 Å². The molecule has 0 bridgehead atoms. The molecule has 1 heterocycles. The maximum atomic E-state index is 5.49. The first-order chi connectivity index (χ1) is 8.19. The fourth-order valence-corrected chi connectivity index (χ4v) is 1.96. The van der Waals surface area contributed by atoms with Crippen molar-refractivity contribution in [2.24, 2.45) is 10.7 Å². The van der Waals surface area contributed by atoms with E-state index in [0.717, 1.165) is 13.0 Å². The Hall–Kier alpha value is -1.71. The SMILES string of the molecule is CCc1cccc(N(C)C[C@H]2COC(N)=N2)c1. The van der Waals surface area contributed by atoms with Crippen LogP contribution in [-0.4, -0.2) is 32.3 Å². The second kappa shape index (κ2) is 5.08. The van der Waals surface area contributed by atoms with E-state index >= 15 is 0 Å². The molecule has 1 aliphatic heterocycles. The Morgan fingerprint density at radius 2 is 2.35 bits per heavy atom. The standard InChI is InChI=1S/C13H19N3O/c1-3-10-5-4-6-12(7-10)16(2)8-11-9-17-13(14)15-11/h4-7,11H,3,8-9H2,1-2H3,(H2,14,15)/t11-/m0/s1. The lowest BCUT2D eigenvalue weighted by Crippen LogP contribution is -2.28. The molecule has 2 rings (SSSR count). The number of benzene rings is 1. The molecule has 0 saturated carbocycles. The largest absolute Gasteiger partial charge is 0.463 e. The molecule has 1 aliphatic rings. The zero-order valence-electron chi connectivity index (χ0n) is 10.4. The minimum absolute atomic E-state index is 0.144. The van der Waals surface area contributed by atoms with Crippen molar-refractivity contribution in [3.63, 3.8) is 0 Å². The predicted molar refractivity (Wildman–Crippen MR) is 70.5 cm³/mol. The molecule has 4 heteroatoms. The molecule has 1 aromatic carbocycles. The van der Waals surface area contributed by atoms with Gasteiger partial charge in [0, 0.05) is 19.3 Å². The van der Waals surface area contributed by atoms with Crippen LogP contribution in [0, 0.1) is 0 Å². The van der Waals surface area contributed by atoms with Gasteiger partial charge in [0.15, 0.2) is 0 Å². The Kier molecular flexibility index (Phi) is 3.52. The highest BCUT2D eigenvalue weighted by molar-refractivity contribution is 5.73. The Morgan fingerprint density at radius 3 is 3.00 bits per heavy atom. The summed E-state index contributed by atoms with van der Waals surface area (Å²) < 4.78 is 5.15. The molecule has 92 valence electrons. The van der Waals surface area contributed by atoms with Crippen molar-refractivity contribution in [2.75, 3.05) is 25.1 Å². The normalized spacial score (nSPS) is 18.7. The summed E-state index contributed by atoms with van der Waals surface area (Å²) in [5.74, 6) is 0. The summed E-state index contributed by atoms with van der Waals surface area (Å²) in [5.41, 5.74) is 8.05. The minimum Gasteiger partial charge on any atom is -0.463 e. The zero-order chi connectivity index (χ0) is 12.3. The van der Waals surface area contributed by atoms with Crippen molar-refractivity contribution >= 4 is 11.7 Å². The highest BCUT2D eigenvalue weighted by Gasteiger charge is 2.18. The monoisotopic (exact) mass is 233 g/mol. The van der Waals surface area contributed by atoms with E-state index in [-0.39, 0.29) is 6.04 Å². The number of aryl methyl sites for hydroxylation is 1. The van der Waals surface area contributed by atoms with Crippen LogP contribution in [0.5, 0.6) is 0 Å². The van der Waals surface area contributed by atoms with E-state index in [2.05, 4.69) is 48.1 Å². The molecule has 1 aromatic rings. The van der Waals surface area contributed by atoms with Crippen LogP contribution >= 0.6 is 0 Å². The maximum Gasteiger partial charge on any atom is 0.282 e. The Balaban J connectivity index is 2.01. The van der Waals surface area contributed by atoms with Crippen molar-refractivity contribution in [3.05, 3.63) is 29.8 Å². The van der Waals surface area contributed by atoms with Gasteiger partial charge in [0.05, 0.1) is 0 Å². The van der Waals surface area contributed by atoms with Gasteiger partial charge in [0.2, 0.25) is 0 Å². The molecule has 0 unspecified atom stereocenters. The number of hydrogen-bond donors (Lipinski definition) is 1. The molecule has 2 N–H and O–H groups in total. The van der Waals surface area contributed by atoms with Crippen molar-refractivity contribution in [1.82, 2.24) is 0 Å². The Bertz CT molecular complexity index is 417. The van der Waals surface area contributed by atoms with E-state index in [1.807, 2.05) is 0 Å². The average Bonchev–Trinajstić information content (AvgIpc) is 2.75. The van der Waals surface area contributed by atoms with E-state index in [1.54, 1.807) is 0 Å². The second-order valence-corrected chi connectivity index (χ2v) is 4.34. The van der Waals surface area contributed by atoms with Gasteiger partial charge in [-0.2, -0.15) is 0 Å². The molecule has 0 radical (unpaired) electrons.